The summed E-state index contributed by atoms with van der Waals surface area (Å²) >= 11 is 0. The highest BCUT2D eigenvalue weighted by molar-refractivity contribution is 5.89. The average molecular weight is 316 g/mol. The Balaban J connectivity index is 1.67. The van der Waals surface area contributed by atoms with Crippen LogP contribution in [0.15, 0.2) is 24.5 Å². The SMILES string of the molecule is Cc1cc(NC(=O)N[C@H]2CCCn3ncnc32)ccc1[N+](=O)[O-]. The number of urea groups is 1. The second-order valence-electron chi connectivity index (χ2n) is 5.39. The van der Waals surface area contributed by atoms with Gasteiger partial charge in [0.15, 0.2) is 0 Å². The molecular formula is C14H16N6O3. The molecule has 0 radical (unpaired) electrons. The van der Waals surface area contributed by atoms with Gasteiger partial charge in [0.05, 0.1) is 11.0 Å². The van der Waals surface area contributed by atoms with Gasteiger partial charge in [-0.1, -0.05) is 0 Å². The number of benzene rings is 1. The summed E-state index contributed by atoms with van der Waals surface area (Å²) in [6.45, 7) is 2.43. The Morgan fingerprint density at radius 2 is 2.30 bits per heavy atom. The van der Waals surface area contributed by atoms with Gasteiger partial charge < -0.3 is 10.6 Å². The molecule has 1 aromatic heterocycles. The third kappa shape index (κ3) is 3.12. The van der Waals surface area contributed by atoms with Gasteiger partial charge in [-0.05, 0) is 31.9 Å². The van der Waals surface area contributed by atoms with Crippen LogP contribution < -0.4 is 10.6 Å². The lowest BCUT2D eigenvalue weighted by Crippen LogP contribution is -2.36. The Morgan fingerprint density at radius 3 is 3.04 bits per heavy atom. The smallest absolute Gasteiger partial charge is 0.319 e. The van der Waals surface area contributed by atoms with E-state index in [1.165, 1.54) is 18.5 Å². The van der Waals surface area contributed by atoms with Gasteiger partial charge >= 0.3 is 6.03 Å². The number of carbonyl (C=O) groups excluding carboxylic acids is 1. The molecule has 1 aliphatic heterocycles. The van der Waals surface area contributed by atoms with Crippen molar-refractivity contribution in [3.63, 3.8) is 0 Å². The van der Waals surface area contributed by atoms with E-state index in [9.17, 15) is 14.9 Å². The van der Waals surface area contributed by atoms with Gasteiger partial charge in [-0.2, -0.15) is 5.10 Å². The van der Waals surface area contributed by atoms with Crippen LogP contribution in [-0.2, 0) is 6.54 Å². The molecule has 2 N–H and O–H groups in total. The normalized spacial score (nSPS) is 16.5. The maximum Gasteiger partial charge on any atom is 0.319 e. The monoisotopic (exact) mass is 316 g/mol. The molecule has 9 heteroatoms. The number of aromatic nitrogens is 3. The standard InChI is InChI=1S/C14H16N6O3/c1-9-7-10(4-5-12(9)20(22)23)17-14(21)18-11-3-2-6-19-13(11)15-8-16-19/h4-5,7-8,11H,2-3,6H2,1H3,(H2,17,18,21)/t11-/m0/s1. The van der Waals surface area contributed by atoms with Gasteiger partial charge in [-0.15, -0.1) is 0 Å². The van der Waals surface area contributed by atoms with E-state index >= 15 is 0 Å². The van der Waals surface area contributed by atoms with Gasteiger partial charge in [0.2, 0.25) is 0 Å². The van der Waals surface area contributed by atoms with Crippen molar-refractivity contribution < 1.29 is 9.72 Å². The van der Waals surface area contributed by atoms with Crippen LogP contribution in [0.1, 0.15) is 30.3 Å². The molecule has 3 rings (SSSR count). The molecule has 1 atom stereocenters. The minimum absolute atomic E-state index is 0.0244. The van der Waals surface area contributed by atoms with E-state index in [2.05, 4.69) is 20.7 Å². The highest BCUT2D eigenvalue weighted by Crippen LogP contribution is 2.23. The molecule has 0 spiro atoms. The summed E-state index contributed by atoms with van der Waals surface area (Å²) in [5.74, 6) is 0.742. The molecule has 2 aromatic rings. The number of anilines is 1. The van der Waals surface area contributed by atoms with E-state index in [-0.39, 0.29) is 17.8 Å². The van der Waals surface area contributed by atoms with Gasteiger partial charge in [-0.3, -0.25) is 10.1 Å². The van der Waals surface area contributed by atoms with E-state index < -0.39 is 4.92 Å². The third-order valence-electron chi connectivity index (χ3n) is 3.78. The zero-order chi connectivity index (χ0) is 16.4. The van der Waals surface area contributed by atoms with Gasteiger partial charge in [-0.25, -0.2) is 14.5 Å². The Morgan fingerprint density at radius 1 is 1.48 bits per heavy atom. The number of carbonyl (C=O) groups is 1. The number of amides is 2. The van der Waals surface area contributed by atoms with Crippen LogP contribution in [-0.4, -0.2) is 25.7 Å². The van der Waals surface area contributed by atoms with Crippen LogP contribution in [0.4, 0.5) is 16.2 Å². The minimum Gasteiger partial charge on any atom is -0.328 e. The number of hydrogen-bond donors (Lipinski definition) is 2. The van der Waals surface area contributed by atoms with Crippen molar-refractivity contribution in [3.05, 3.63) is 46.0 Å². The molecule has 1 aliphatic rings. The molecule has 9 nitrogen and oxygen atoms in total. The van der Waals surface area contributed by atoms with E-state index in [0.29, 0.717) is 11.3 Å². The number of rotatable bonds is 3. The molecule has 0 aliphatic carbocycles. The Labute approximate surface area is 131 Å². The number of aryl methyl sites for hydroxylation is 2. The Hall–Kier alpha value is -2.97. The van der Waals surface area contributed by atoms with Gasteiger partial charge in [0, 0.05) is 23.9 Å². The summed E-state index contributed by atoms with van der Waals surface area (Å²) < 4.78 is 1.78. The van der Waals surface area contributed by atoms with Crippen molar-refractivity contribution >= 4 is 17.4 Å². The number of fused-ring (bicyclic) bond motifs is 1. The first kappa shape index (κ1) is 14.9. The maximum atomic E-state index is 12.1. The van der Waals surface area contributed by atoms with Crippen molar-refractivity contribution in [2.24, 2.45) is 0 Å². The van der Waals surface area contributed by atoms with Crippen LogP contribution in [0.3, 0.4) is 0 Å². The highest BCUT2D eigenvalue weighted by Gasteiger charge is 2.24. The molecule has 0 saturated heterocycles. The molecule has 0 fully saturated rings. The molecular weight excluding hydrogens is 300 g/mol. The number of hydrogen-bond acceptors (Lipinski definition) is 5. The molecule has 1 aromatic carbocycles. The van der Waals surface area contributed by atoms with Crippen molar-refractivity contribution in [3.8, 4) is 0 Å². The minimum atomic E-state index is -0.450. The summed E-state index contributed by atoms with van der Waals surface area (Å²) in [7, 11) is 0. The highest BCUT2D eigenvalue weighted by atomic mass is 16.6. The predicted molar refractivity (Wildman–Crippen MR) is 82.0 cm³/mol. The fourth-order valence-electron chi connectivity index (χ4n) is 2.69. The number of nitro groups is 1. The van der Waals surface area contributed by atoms with Gasteiger partial charge in [0.25, 0.3) is 5.69 Å². The molecule has 23 heavy (non-hydrogen) atoms. The fraction of sp³-hybridized carbons (Fsp3) is 0.357. The van der Waals surface area contributed by atoms with E-state index in [1.54, 1.807) is 17.7 Å². The van der Waals surface area contributed by atoms with E-state index in [1.807, 2.05) is 0 Å². The lowest BCUT2D eigenvalue weighted by molar-refractivity contribution is -0.385. The quantitative estimate of drug-likeness (QED) is 0.665. The van der Waals surface area contributed by atoms with Crippen molar-refractivity contribution in [1.29, 1.82) is 0 Å². The fourth-order valence-corrected chi connectivity index (χ4v) is 2.69. The summed E-state index contributed by atoms with van der Waals surface area (Å²) in [6.07, 6.45) is 3.19. The summed E-state index contributed by atoms with van der Waals surface area (Å²) in [6, 6.07) is 3.89. The molecule has 2 heterocycles. The van der Waals surface area contributed by atoms with E-state index in [0.717, 1.165) is 25.2 Å². The van der Waals surface area contributed by atoms with Gasteiger partial charge in [0.1, 0.15) is 12.2 Å². The summed E-state index contributed by atoms with van der Waals surface area (Å²) in [5, 5.41) is 20.5. The van der Waals surface area contributed by atoms with Crippen LogP contribution >= 0.6 is 0 Å². The number of nitrogens with zero attached hydrogens (tertiary/aromatic N) is 4. The maximum absolute atomic E-state index is 12.1. The summed E-state index contributed by atoms with van der Waals surface area (Å²) in [4.78, 5) is 26.7. The lowest BCUT2D eigenvalue weighted by Gasteiger charge is -2.23. The average Bonchev–Trinajstić information content (AvgIpc) is 2.96. The zero-order valence-electron chi connectivity index (χ0n) is 12.5. The molecule has 0 bridgehead atoms. The predicted octanol–water partition coefficient (Wildman–Crippen LogP) is 2.15. The van der Waals surface area contributed by atoms with E-state index in [4.69, 9.17) is 0 Å². The van der Waals surface area contributed by atoms with Crippen LogP contribution in [0.5, 0.6) is 0 Å². The van der Waals surface area contributed by atoms with Crippen molar-refractivity contribution in [2.45, 2.75) is 32.4 Å². The second kappa shape index (κ2) is 6.03. The third-order valence-corrected chi connectivity index (χ3v) is 3.78. The topological polar surface area (TPSA) is 115 Å². The number of nitrogens with one attached hydrogen (secondary N) is 2. The molecule has 0 unspecified atom stereocenters. The molecule has 0 saturated carbocycles. The first-order chi connectivity index (χ1) is 11.0. The first-order valence-electron chi connectivity index (χ1n) is 7.25. The zero-order valence-corrected chi connectivity index (χ0v) is 12.5. The van der Waals surface area contributed by atoms with Crippen LogP contribution in [0.2, 0.25) is 0 Å². The Kier molecular flexibility index (Phi) is 3.92. The van der Waals surface area contributed by atoms with Crippen molar-refractivity contribution in [1.82, 2.24) is 20.1 Å². The van der Waals surface area contributed by atoms with Crippen LogP contribution in [0.25, 0.3) is 0 Å². The molecule has 120 valence electrons. The van der Waals surface area contributed by atoms with Crippen LogP contribution in [0, 0.1) is 17.0 Å². The van der Waals surface area contributed by atoms with Crippen molar-refractivity contribution in [2.75, 3.05) is 5.32 Å². The first-order valence-corrected chi connectivity index (χ1v) is 7.25. The Bertz CT molecular complexity index is 757. The lowest BCUT2D eigenvalue weighted by atomic mass is 10.1. The molecule has 2 amide bonds. The number of nitro benzene ring substituents is 1. The summed E-state index contributed by atoms with van der Waals surface area (Å²) in [5.41, 5.74) is 1.02. The second-order valence-corrected chi connectivity index (χ2v) is 5.39. The largest absolute Gasteiger partial charge is 0.328 e.